The molecule has 0 spiro atoms. The topological polar surface area (TPSA) is 97.3 Å². The lowest BCUT2D eigenvalue weighted by Gasteiger charge is -2.21. The number of nitrogens with one attached hydrogen (secondary N) is 1. The maximum Gasteiger partial charge on any atom is 0.407 e. The highest BCUT2D eigenvalue weighted by molar-refractivity contribution is 5.79. The van der Waals surface area contributed by atoms with E-state index in [2.05, 4.69) is 29.6 Å². The third-order valence-corrected chi connectivity index (χ3v) is 6.35. The van der Waals surface area contributed by atoms with E-state index in [1.165, 1.54) is 0 Å². The van der Waals surface area contributed by atoms with E-state index in [0.29, 0.717) is 18.8 Å². The Balaban J connectivity index is 1.29. The molecular formula is C29H33NO6. The molecule has 7 heteroatoms. The number of hydrogen-bond acceptors (Lipinski definition) is 6. The zero-order valence-corrected chi connectivity index (χ0v) is 20.6. The summed E-state index contributed by atoms with van der Waals surface area (Å²) in [6.45, 7) is 4.83. The number of alkyl carbamates (subject to hydrolysis) is 1. The van der Waals surface area contributed by atoms with Crippen molar-refractivity contribution in [3.05, 3.63) is 95.1 Å². The molecule has 0 saturated carbocycles. The zero-order chi connectivity index (χ0) is 25.5. The highest BCUT2D eigenvalue weighted by Crippen LogP contribution is 2.44. The third kappa shape index (κ3) is 5.77. The van der Waals surface area contributed by atoms with Crippen LogP contribution >= 0.6 is 0 Å². The van der Waals surface area contributed by atoms with Crippen molar-refractivity contribution in [1.82, 2.24) is 5.32 Å². The van der Waals surface area contributed by atoms with Crippen molar-refractivity contribution in [3.8, 4) is 11.1 Å². The van der Waals surface area contributed by atoms with Crippen LogP contribution in [-0.2, 0) is 14.2 Å². The maximum absolute atomic E-state index is 12.4. The van der Waals surface area contributed by atoms with Crippen LogP contribution in [0.15, 0.2) is 72.8 Å². The van der Waals surface area contributed by atoms with Gasteiger partial charge in [0.15, 0.2) is 6.29 Å². The van der Waals surface area contributed by atoms with Crippen LogP contribution in [0.25, 0.3) is 11.1 Å². The van der Waals surface area contributed by atoms with Gasteiger partial charge in [0.05, 0.1) is 0 Å². The van der Waals surface area contributed by atoms with Crippen LogP contribution < -0.4 is 5.32 Å². The van der Waals surface area contributed by atoms with Gasteiger partial charge < -0.3 is 29.7 Å². The second kappa shape index (κ2) is 12.1. The zero-order valence-electron chi connectivity index (χ0n) is 20.6. The van der Waals surface area contributed by atoms with Gasteiger partial charge in [0, 0.05) is 31.2 Å². The molecule has 2 atom stereocenters. The Labute approximate surface area is 211 Å². The molecule has 0 aliphatic heterocycles. The van der Waals surface area contributed by atoms with Crippen LogP contribution in [0, 0.1) is 0 Å². The lowest BCUT2D eigenvalue weighted by Crippen LogP contribution is -2.36. The summed E-state index contributed by atoms with van der Waals surface area (Å²) < 4.78 is 16.7. The molecule has 0 bridgehead atoms. The van der Waals surface area contributed by atoms with Crippen molar-refractivity contribution in [2.45, 2.75) is 38.3 Å². The van der Waals surface area contributed by atoms with E-state index in [1.807, 2.05) is 38.1 Å². The fourth-order valence-electron chi connectivity index (χ4n) is 4.56. The lowest BCUT2D eigenvalue weighted by atomic mass is 9.98. The predicted octanol–water partition coefficient (Wildman–Crippen LogP) is 4.69. The minimum atomic E-state index is -1.20. The fraction of sp³-hybridized carbons (Fsp3) is 0.345. The Kier molecular flexibility index (Phi) is 8.72. The summed E-state index contributed by atoms with van der Waals surface area (Å²) in [5, 5.41) is 23.5. The third-order valence-electron chi connectivity index (χ3n) is 6.35. The number of benzene rings is 3. The smallest absolute Gasteiger partial charge is 0.407 e. The first-order valence-corrected chi connectivity index (χ1v) is 12.3. The molecule has 0 radical (unpaired) electrons. The number of carbonyl (C=O) groups excluding carboxylic acids is 1. The van der Waals surface area contributed by atoms with E-state index in [1.54, 1.807) is 24.3 Å². The first kappa shape index (κ1) is 25.9. The summed E-state index contributed by atoms with van der Waals surface area (Å²) in [7, 11) is 0. The van der Waals surface area contributed by atoms with Gasteiger partial charge in [-0.3, -0.25) is 0 Å². The second-order valence-corrected chi connectivity index (χ2v) is 8.63. The van der Waals surface area contributed by atoms with Crippen molar-refractivity contribution in [3.63, 3.8) is 0 Å². The van der Waals surface area contributed by atoms with Crippen LogP contribution in [0.4, 0.5) is 4.79 Å². The highest BCUT2D eigenvalue weighted by Gasteiger charge is 2.29. The van der Waals surface area contributed by atoms with E-state index in [0.717, 1.165) is 27.8 Å². The van der Waals surface area contributed by atoms with Gasteiger partial charge in [-0.25, -0.2) is 4.79 Å². The SMILES string of the molecule is CCOC(OCC)c1ccc(C(O)C(O)CNC(=O)OCC2c3ccccc3-c3ccccc32)cc1. The van der Waals surface area contributed by atoms with Gasteiger partial charge in [-0.2, -0.15) is 0 Å². The molecule has 0 heterocycles. The number of aliphatic hydroxyl groups is 2. The van der Waals surface area contributed by atoms with Crippen molar-refractivity contribution < 1.29 is 29.2 Å². The number of rotatable bonds is 11. The van der Waals surface area contributed by atoms with Crippen molar-refractivity contribution in [2.24, 2.45) is 0 Å². The van der Waals surface area contributed by atoms with Crippen molar-refractivity contribution in [1.29, 1.82) is 0 Å². The summed E-state index contributed by atoms with van der Waals surface area (Å²) in [4.78, 5) is 12.4. The number of carbonyl (C=O) groups is 1. The molecule has 3 aromatic rings. The quantitative estimate of drug-likeness (QED) is 0.337. The number of amides is 1. The Bertz CT molecular complexity index is 1100. The Morgan fingerprint density at radius 2 is 1.36 bits per heavy atom. The van der Waals surface area contributed by atoms with Crippen LogP contribution in [0.1, 0.15) is 54.4 Å². The molecule has 0 fully saturated rings. The predicted molar refractivity (Wildman–Crippen MR) is 136 cm³/mol. The summed E-state index contributed by atoms with van der Waals surface area (Å²) in [6.07, 6.45) is -3.50. The normalized spacial score (nSPS) is 14.2. The monoisotopic (exact) mass is 491 g/mol. The molecule has 2 unspecified atom stereocenters. The maximum atomic E-state index is 12.4. The van der Waals surface area contributed by atoms with Crippen LogP contribution in [0.3, 0.4) is 0 Å². The highest BCUT2D eigenvalue weighted by atomic mass is 16.7. The van der Waals surface area contributed by atoms with Gasteiger partial charge >= 0.3 is 6.09 Å². The molecule has 1 amide bonds. The molecule has 1 aliphatic carbocycles. The molecule has 4 rings (SSSR count). The average molecular weight is 492 g/mol. The molecule has 36 heavy (non-hydrogen) atoms. The Hall–Kier alpha value is -3.23. The van der Waals surface area contributed by atoms with E-state index in [4.69, 9.17) is 14.2 Å². The number of ether oxygens (including phenoxy) is 3. The van der Waals surface area contributed by atoms with Gasteiger partial charge in [0.1, 0.15) is 18.8 Å². The molecule has 190 valence electrons. The summed E-state index contributed by atoms with van der Waals surface area (Å²) in [5.74, 6) is -0.0469. The van der Waals surface area contributed by atoms with E-state index >= 15 is 0 Å². The lowest BCUT2D eigenvalue weighted by molar-refractivity contribution is -0.140. The van der Waals surface area contributed by atoms with Crippen molar-refractivity contribution >= 4 is 6.09 Å². The largest absolute Gasteiger partial charge is 0.449 e. The van der Waals surface area contributed by atoms with Gasteiger partial charge in [-0.1, -0.05) is 72.8 Å². The molecule has 3 aromatic carbocycles. The Morgan fingerprint density at radius 3 is 1.92 bits per heavy atom. The van der Waals surface area contributed by atoms with E-state index < -0.39 is 24.6 Å². The van der Waals surface area contributed by atoms with Crippen LogP contribution in [0.2, 0.25) is 0 Å². The van der Waals surface area contributed by atoms with Crippen molar-refractivity contribution in [2.75, 3.05) is 26.4 Å². The van der Waals surface area contributed by atoms with Gasteiger partial charge in [-0.05, 0) is 41.7 Å². The van der Waals surface area contributed by atoms with Gasteiger partial charge in [0.25, 0.3) is 0 Å². The average Bonchev–Trinajstić information content (AvgIpc) is 3.23. The number of fused-ring (bicyclic) bond motifs is 3. The van der Waals surface area contributed by atoms with Gasteiger partial charge in [0.2, 0.25) is 0 Å². The fourth-order valence-corrected chi connectivity index (χ4v) is 4.56. The van der Waals surface area contributed by atoms with Crippen LogP contribution in [-0.4, -0.2) is 48.8 Å². The minimum absolute atomic E-state index is 0.0469. The standard InChI is InChI=1S/C29H33NO6/c1-3-34-28(35-4-2)20-15-13-19(14-16-20)27(32)26(31)17-30-29(33)36-18-25-23-11-7-5-9-21(23)22-10-6-8-12-24(22)25/h5-16,25-28,31-32H,3-4,17-18H2,1-2H3,(H,30,33). The summed E-state index contributed by atoms with van der Waals surface area (Å²) >= 11 is 0. The molecule has 7 nitrogen and oxygen atoms in total. The molecule has 3 N–H and O–H groups in total. The van der Waals surface area contributed by atoms with Crippen LogP contribution in [0.5, 0.6) is 0 Å². The number of aliphatic hydroxyl groups excluding tert-OH is 2. The first-order valence-electron chi connectivity index (χ1n) is 12.3. The Morgan fingerprint density at radius 1 is 0.833 bits per heavy atom. The molecule has 0 aromatic heterocycles. The number of hydrogen-bond donors (Lipinski definition) is 3. The summed E-state index contributed by atoms with van der Waals surface area (Å²) in [6, 6.07) is 23.2. The summed E-state index contributed by atoms with van der Waals surface area (Å²) in [5.41, 5.74) is 5.90. The van der Waals surface area contributed by atoms with E-state index in [-0.39, 0.29) is 19.1 Å². The van der Waals surface area contributed by atoms with E-state index in [9.17, 15) is 15.0 Å². The molecule has 1 aliphatic rings. The second-order valence-electron chi connectivity index (χ2n) is 8.63. The molecule has 0 saturated heterocycles. The minimum Gasteiger partial charge on any atom is -0.449 e. The van der Waals surface area contributed by atoms with Gasteiger partial charge in [-0.15, -0.1) is 0 Å². The molecular weight excluding hydrogens is 458 g/mol. The first-order chi connectivity index (χ1) is 17.5.